The minimum Gasteiger partial charge on any atom is -0.369 e. The molecule has 0 radical (unpaired) electrons. The Bertz CT molecular complexity index is 1450. The molecule has 3 heterocycles. The number of hydrogen-bond acceptors (Lipinski definition) is 7. The number of halogens is 1. The van der Waals surface area contributed by atoms with Crippen LogP contribution < -0.4 is 14.9 Å². The van der Waals surface area contributed by atoms with Crippen molar-refractivity contribution in [1.82, 2.24) is 19.2 Å². The van der Waals surface area contributed by atoms with Crippen LogP contribution in [0.3, 0.4) is 0 Å². The molecule has 1 aliphatic rings. The van der Waals surface area contributed by atoms with Crippen molar-refractivity contribution < 1.29 is 17.6 Å². The Morgan fingerprint density at radius 1 is 1.20 bits per heavy atom. The largest absolute Gasteiger partial charge is 0.369 e. The van der Waals surface area contributed by atoms with Crippen LogP contribution in [0.2, 0.25) is 0 Å². The highest BCUT2D eigenvalue weighted by atomic mass is 32.2. The quantitative estimate of drug-likeness (QED) is 0.391. The summed E-state index contributed by atoms with van der Waals surface area (Å²) in [4.78, 5) is 19.0. The Hall–Kier alpha value is -3.51. The molecule has 2 atom stereocenters. The molecule has 0 bridgehead atoms. The third-order valence-electron chi connectivity index (χ3n) is 6.14. The topological polar surface area (TPSA) is 109 Å². The van der Waals surface area contributed by atoms with Gasteiger partial charge in [-0.05, 0) is 55.8 Å². The van der Waals surface area contributed by atoms with Crippen molar-refractivity contribution in [2.45, 2.75) is 30.3 Å². The van der Waals surface area contributed by atoms with E-state index in [1.165, 1.54) is 12.4 Å². The molecule has 0 aliphatic carbocycles. The van der Waals surface area contributed by atoms with Crippen LogP contribution in [0.4, 0.5) is 15.2 Å². The second-order valence-electron chi connectivity index (χ2n) is 8.36. The van der Waals surface area contributed by atoms with E-state index in [2.05, 4.69) is 24.3 Å². The van der Waals surface area contributed by atoms with E-state index < -0.39 is 16.1 Å². The van der Waals surface area contributed by atoms with Gasteiger partial charge in [-0.1, -0.05) is 6.07 Å². The molecule has 0 saturated carbocycles. The van der Waals surface area contributed by atoms with Crippen molar-refractivity contribution in [3.63, 3.8) is 0 Å². The molecule has 5 rings (SSSR count). The van der Waals surface area contributed by atoms with Gasteiger partial charge in [-0.15, -0.1) is 0 Å². The van der Waals surface area contributed by atoms with Crippen molar-refractivity contribution in [2.24, 2.45) is 0 Å². The molecular weight excluding hydrogens is 491 g/mol. The predicted octanol–water partition coefficient (Wildman–Crippen LogP) is 3.39. The number of nitrogens with one attached hydrogen (secondary N) is 2. The minimum absolute atomic E-state index is 0.0500. The molecule has 1 fully saturated rings. The maximum Gasteiger partial charge on any atom is 0.263 e. The van der Waals surface area contributed by atoms with Gasteiger partial charge in [0.15, 0.2) is 0 Å². The van der Waals surface area contributed by atoms with Gasteiger partial charge in [-0.25, -0.2) is 17.8 Å². The maximum absolute atomic E-state index is 14.0. The number of fused-ring (bicyclic) bond motifs is 1. The fraction of sp³-hybridized carbons (Fsp3) is 0.261. The van der Waals surface area contributed by atoms with E-state index in [1.807, 2.05) is 0 Å². The zero-order valence-electron chi connectivity index (χ0n) is 18.8. The van der Waals surface area contributed by atoms with Crippen LogP contribution in [0.5, 0.6) is 0 Å². The SMILES string of the molecule is CC(C(=O)NC1CCN(c2ccc(S(=O)(=O)Nc3ncns3)cc2)C1)n1ccc2c(F)cccc21. The number of sulfonamides is 1. The summed E-state index contributed by atoms with van der Waals surface area (Å²) < 4.78 is 47.0. The van der Waals surface area contributed by atoms with Crippen molar-refractivity contribution in [3.8, 4) is 0 Å². The number of carbonyl (C=O) groups excluding carboxylic acids is 1. The van der Waals surface area contributed by atoms with E-state index in [9.17, 15) is 17.6 Å². The normalized spacial score (nSPS) is 17.0. The molecule has 182 valence electrons. The Morgan fingerprint density at radius 3 is 2.74 bits per heavy atom. The number of anilines is 2. The monoisotopic (exact) mass is 514 g/mol. The Balaban J connectivity index is 1.21. The minimum atomic E-state index is -3.74. The van der Waals surface area contributed by atoms with E-state index >= 15 is 0 Å². The van der Waals surface area contributed by atoms with E-state index in [1.54, 1.807) is 60.2 Å². The second-order valence-corrected chi connectivity index (χ2v) is 10.8. The Labute approximate surface area is 205 Å². The summed E-state index contributed by atoms with van der Waals surface area (Å²) in [7, 11) is -3.74. The maximum atomic E-state index is 14.0. The van der Waals surface area contributed by atoms with Crippen molar-refractivity contribution >= 4 is 49.2 Å². The van der Waals surface area contributed by atoms with E-state index in [-0.39, 0.29) is 27.8 Å². The van der Waals surface area contributed by atoms with Crippen LogP contribution in [0.1, 0.15) is 19.4 Å². The number of nitrogens with zero attached hydrogens (tertiary/aromatic N) is 4. The van der Waals surface area contributed by atoms with Gasteiger partial charge in [0.05, 0.1) is 10.4 Å². The van der Waals surface area contributed by atoms with Gasteiger partial charge >= 0.3 is 0 Å². The molecule has 4 aromatic rings. The Morgan fingerprint density at radius 2 is 2.00 bits per heavy atom. The van der Waals surface area contributed by atoms with Crippen molar-refractivity contribution in [3.05, 3.63) is 66.9 Å². The summed E-state index contributed by atoms with van der Waals surface area (Å²) >= 11 is 0.963. The molecular formula is C23H23FN6O3S2. The summed E-state index contributed by atoms with van der Waals surface area (Å²) in [5.74, 6) is -0.446. The van der Waals surface area contributed by atoms with Crippen LogP contribution in [-0.2, 0) is 14.8 Å². The first-order valence-electron chi connectivity index (χ1n) is 11.0. The number of aromatic nitrogens is 3. The fourth-order valence-corrected chi connectivity index (χ4v) is 5.94. The molecule has 2 aromatic heterocycles. The first-order chi connectivity index (χ1) is 16.8. The zero-order chi connectivity index (χ0) is 24.6. The molecule has 2 unspecified atom stereocenters. The number of benzene rings is 2. The molecule has 0 spiro atoms. The predicted molar refractivity (Wildman–Crippen MR) is 133 cm³/mol. The van der Waals surface area contributed by atoms with E-state index in [4.69, 9.17) is 0 Å². The molecule has 2 aromatic carbocycles. The lowest BCUT2D eigenvalue weighted by Gasteiger charge is -2.21. The lowest BCUT2D eigenvalue weighted by Crippen LogP contribution is -2.40. The third-order valence-corrected chi connectivity index (χ3v) is 8.20. The molecule has 35 heavy (non-hydrogen) atoms. The number of carbonyl (C=O) groups is 1. The lowest BCUT2D eigenvalue weighted by atomic mass is 10.2. The molecule has 12 heteroatoms. The summed E-state index contributed by atoms with van der Waals surface area (Å²) in [6.45, 7) is 3.13. The zero-order valence-corrected chi connectivity index (χ0v) is 20.4. The highest BCUT2D eigenvalue weighted by molar-refractivity contribution is 7.93. The van der Waals surface area contributed by atoms with Crippen LogP contribution in [-0.4, -0.2) is 47.4 Å². The van der Waals surface area contributed by atoms with Gasteiger partial charge in [-0.2, -0.15) is 4.37 Å². The van der Waals surface area contributed by atoms with Gasteiger partial charge in [-0.3, -0.25) is 9.52 Å². The summed E-state index contributed by atoms with van der Waals surface area (Å²) in [6.07, 6.45) is 3.78. The lowest BCUT2D eigenvalue weighted by molar-refractivity contribution is -0.124. The summed E-state index contributed by atoms with van der Waals surface area (Å²) in [6, 6.07) is 12.6. The third kappa shape index (κ3) is 4.71. The molecule has 1 amide bonds. The molecule has 2 N–H and O–H groups in total. The van der Waals surface area contributed by atoms with Crippen LogP contribution in [0.15, 0.2) is 66.0 Å². The number of hydrogen-bond donors (Lipinski definition) is 2. The van der Waals surface area contributed by atoms with Gasteiger partial charge in [0.2, 0.25) is 11.0 Å². The van der Waals surface area contributed by atoms with Gasteiger partial charge < -0.3 is 14.8 Å². The standard InChI is InChI=1S/C23H23FN6O3S2/c1-15(30-12-10-19-20(24)3-2-4-21(19)30)22(31)27-16-9-11-29(13-16)17-5-7-18(8-6-17)35(32,33)28-23-25-14-26-34-23/h2-8,10,12,14-16H,9,11,13H2,1H3,(H,27,31)(H,25,26,28). The van der Waals surface area contributed by atoms with E-state index in [0.29, 0.717) is 17.4 Å². The van der Waals surface area contributed by atoms with Gasteiger partial charge in [0.25, 0.3) is 10.0 Å². The second kappa shape index (κ2) is 9.27. The van der Waals surface area contributed by atoms with Gasteiger partial charge in [0, 0.05) is 47.9 Å². The average Bonchev–Trinajstić information content (AvgIpc) is 3.60. The summed E-state index contributed by atoms with van der Waals surface area (Å²) in [5, 5.41) is 3.79. The van der Waals surface area contributed by atoms with Gasteiger partial charge in [0.1, 0.15) is 18.2 Å². The molecule has 9 nitrogen and oxygen atoms in total. The van der Waals surface area contributed by atoms with Crippen LogP contribution in [0, 0.1) is 5.82 Å². The fourth-order valence-electron chi connectivity index (χ4n) is 4.28. The Kier molecular flexibility index (Phi) is 6.15. The highest BCUT2D eigenvalue weighted by Crippen LogP contribution is 2.25. The first kappa shape index (κ1) is 23.2. The first-order valence-corrected chi connectivity index (χ1v) is 13.3. The number of amides is 1. The number of rotatable bonds is 7. The average molecular weight is 515 g/mol. The molecule has 1 aliphatic heterocycles. The van der Waals surface area contributed by atoms with Crippen LogP contribution >= 0.6 is 11.5 Å². The molecule has 1 saturated heterocycles. The highest BCUT2D eigenvalue weighted by Gasteiger charge is 2.27. The van der Waals surface area contributed by atoms with E-state index in [0.717, 1.165) is 30.2 Å². The summed E-state index contributed by atoms with van der Waals surface area (Å²) in [5.41, 5.74) is 1.55. The van der Waals surface area contributed by atoms with Crippen molar-refractivity contribution in [1.29, 1.82) is 0 Å². The smallest absolute Gasteiger partial charge is 0.263 e. The van der Waals surface area contributed by atoms with Crippen LogP contribution in [0.25, 0.3) is 10.9 Å². The van der Waals surface area contributed by atoms with Crippen molar-refractivity contribution in [2.75, 3.05) is 22.7 Å².